The maximum Gasteiger partial charge on any atom is 0.471 e. The first kappa shape index (κ1) is 19.1. The third-order valence-electron chi connectivity index (χ3n) is 4.21. The molecule has 0 aromatic heterocycles. The summed E-state index contributed by atoms with van der Waals surface area (Å²) in [5.74, 6) is -1.82. The number of likely N-dealkylation sites (tertiary alicyclic amines) is 1. The molecular weight excluding hydrogens is 337 g/mol. The van der Waals surface area contributed by atoms with E-state index in [-0.39, 0.29) is 26.2 Å². The number of amides is 2. The van der Waals surface area contributed by atoms with Crippen molar-refractivity contribution in [1.29, 1.82) is 0 Å². The first-order chi connectivity index (χ1) is 11.8. The normalized spacial score (nSPS) is 15.8. The molecule has 138 valence electrons. The number of alkyl halides is 3. The van der Waals surface area contributed by atoms with Gasteiger partial charge in [-0.25, -0.2) is 4.79 Å². The maximum atomic E-state index is 12.6. The van der Waals surface area contributed by atoms with Crippen molar-refractivity contribution >= 4 is 12.0 Å². The molecule has 0 unspecified atom stereocenters. The lowest BCUT2D eigenvalue weighted by Gasteiger charge is -2.37. The monoisotopic (exact) mass is 358 g/mol. The van der Waals surface area contributed by atoms with Crippen LogP contribution in [0.2, 0.25) is 0 Å². The van der Waals surface area contributed by atoms with E-state index >= 15 is 0 Å². The van der Waals surface area contributed by atoms with Gasteiger partial charge in [0.1, 0.15) is 6.61 Å². The van der Waals surface area contributed by atoms with E-state index in [9.17, 15) is 22.8 Å². The summed E-state index contributed by atoms with van der Waals surface area (Å²) in [5.41, 5.74) is 0.860. The SMILES string of the molecule is CCN(C(=O)C(F)(F)F)C1CCN(C(=O)OCc2ccccc2)CC1. The van der Waals surface area contributed by atoms with Crippen LogP contribution in [0.5, 0.6) is 0 Å². The summed E-state index contributed by atoms with van der Waals surface area (Å²) in [5, 5.41) is 0. The molecule has 1 aromatic carbocycles. The maximum absolute atomic E-state index is 12.6. The fraction of sp³-hybridized carbons (Fsp3) is 0.529. The largest absolute Gasteiger partial charge is 0.471 e. The zero-order valence-electron chi connectivity index (χ0n) is 14.0. The summed E-state index contributed by atoms with van der Waals surface area (Å²) < 4.78 is 43.1. The Bertz CT molecular complexity index is 585. The molecule has 2 amide bonds. The van der Waals surface area contributed by atoms with Crippen molar-refractivity contribution in [2.45, 2.75) is 38.6 Å². The Morgan fingerprint density at radius 1 is 1.20 bits per heavy atom. The van der Waals surface area contributed by atoms with Crippen molar-refractivity contribution in [3.05, 3.63) is 35.9 Å². The van der Waals surface area contributed by atoms with E-state index in [0.717, 1.165) is 10.5 Å². The lowest BCUT2D eigenvalue weighted by molar-refractivity contribution is -0.188. The topological polar surface area (TPSA) is 49.9 Å². The highest BCUT2D eigenvalue weighted by atomic mass is 19.4. The van der Waals surface area contributed by atoms with Gasteiger partial charge in [0.15, 0.2) is 0 Å². The van der Waals surface area contributed by atoms with Crippen molar-refractivity contribution < 1.29 is 27.5 Å². The van der Waals surface area contributed by atoms with Crippen molar-refractivity contribution in [3.8, 4) is 0 Å². The number of carbonyl (C=O) groups excluding carboxylic acids is 2. The number of hydrogen-bond acceptors (Lipinski definition) is 3. The molecule has 0 atom stereocenters. The molecule has 25 heavy (non-hydrogen) atoms. The molecule has 0 aliphatic carbocycles. The highest BCUT2D eigenvalue weighted by Crippen LogP contribution is 2.24. The molecule has 1 aliphatic heterocycles. The van der Waals surface area contributed by atoms with Gasteiger partial charge in [0, 0.05) is 25.7 Å². The summed E-state index contributed by atoms with van der Waals surface area (Å²) in [6.07, 6.45) is -4.76. The van der Waals surface area contributed by atoms with E-state index in [1.165, 1.54) is 11.8 Å². The first-order valence-corrected chi connectivity index (χ1v) is 8.16. The molecule has 5 nitrogen and oxygen atoms in total. The van der Waals surface area contributed by atoms with Gasteiger partial charge >= 0.3 is 18.2 Å². The van der Waals surface area contributed by atoms with Gasteiger partial charge in [-0.05, 0) is 25.3 Å². The van der Waals surface area contributed by atoms with E-state index in [1.807, 2.05) is 30.3 Å². The van der Waals surface area contributed by atoms with Crippen molar-refractivity contribution in [1.82, 2.24) is 9.80 Å². The van der Waals surface area contributed by atoms with Gasteiger partial charge in [0.2, 0.25) is 0 Å². The minimum atomic E-state index is -4.87. The van der Waals surface area contributed by atoms with Gasteiger partial charge in [-0.3, -0.25) is 4.79 Å². The number of ether oxygens (including phenoxy) is 1. The molecule has 2 rings (SSSR count). The minimum Gasteiger partial charge on any atom is -0.445 e. The smallest absolute Gasteiger partial charge is 0.445 e. The van der Waals surface area contributed by atoms with E-state index in [1.54, 1.807) is 0 Å². The van der Waals surface area contributed by atoms with E-state index in [4.69, 9.17) is 4.74 Å². The molecule has 0 N–H and O–H groups in total. The molecule has 8 heteroatoms. The summed E-state index contributed by atoms with van der Waals surface area (Å²) in [7, 11) is 0. The molecule has 0 saturated carbocycles. The molecular formula is C17H21F3N2O3. The summed E-state index contributed by atoms with van der Waals surface area (Å²) >= 11 is 0. The Kier molecular flexibility index (Phi) is 6.27. The Balaban J connectivity index is 1.84. The van der Waals surface area contributed by atoms with Gasteiger partial charge in [-0.1, -0.05) is 30.3 Å². The number of rotatable bonds is 4. The van der Waals surface area contributed by atoms with Gasteiger partial charge in [0.05, 0.1) is 0 Å². The molecule has 0 radical (unpaired) electrons. The van der Waals surface area contributed by atoms with E-state index in [0.29, 0.717) is 12.8 Å². The second-order valence-corrected chi connectivity index (χ2v) is 5.85. The molecule has 1 aliphatic rings. The number of nitrogens with zero attached hydrogens (tertiary/aromatic N) is 2. The quantitative estimate of drug-likeness (QED) is 0.831. The fourth-order valence-electron chi connectivity index (χ4n) is 2.90. The molecule has 1 aromatic rings. The van der Waals surface area contributed by atoms with Crippen LogP contribution in [0, 0.1) is 0 Å². The molecule has 1 heterocycles. The predicted octanol–water partition coefficient (Wildman–Crippen LogP) is 3.20. The van der Waals surface area contributed by atoms with Crippen LogP contribution >= 0.6 is 0 Å². The van der Waals surface area contributed by atoms with Crippen LogP contribution in [0.4, 0.5) is 18.0 Å². The fourth-order valence-corrected chi connectivity index (χ4v) is 2.90. The van der Waals surface area contributed by atoms with Gasteiger partial charge in [0.25, 0.3) is 0 Å². The number of carbonyl (C=O) groups is 2. The van der Waals surface area contributed by atoms with Crippen molar-refractivity contribution in [3.63, 3.8) is 0 Å². The lowest BCUT2D eigenvalue weighted by Crippen LogP contribution is -2.52. The van der Waals surface area contributed by atoms with Gasteiger partial charge in [-0.15, -0.1) is 0 Å². The summed E-state index contributed by atoms with van der Waals surface area (Å²) in [6, 6.07) is 8.69. The van der Waals surface area contributed by atoms with Crippen LogP contribution in [-0.4, -0.2) is 53.7 Å². The average Bonchev–Trinajstić information content (AvgIpc) is 2.61. The number of benzene rings is 1. The van der Waals surface area contributed by atoms with Crippen LogP contribution in [0.1, 0.15) is 25.3 Å². The second kappa shape index (κ2) is 8.22. The average molecular weight is 358 g/mol. The summed E-state index contributed by atoms with van der Waals surface area (Å²) in [4.78, 5) is 25.8. The predicted molar refractivity (Wildman–Crippen MR) is 84.7 cm³/mol. The Morgan fingerprint density at radius 2 is 1.80 bits per heavy atom. The number of piperidine rings is 1. The molecule has 1 saturated heterocycles. The van der Waals surface area contributed by atoms with Crippen LogP contribution < -0.4 is 0 Å². The van der Waals surface area contributed by atoms with Crippen molar-refractivity contribution in [2.75, 3.05) is 19.6 Å². The second-order valence-electron chi connectivity index (χ2n) is 5.85. The van der Waals surface area contributed by atoms with Crippen LogP contribution in [-0.2, 0) is 16.1 Å². The minimum absolute atomic E-state index is 0.0124. The van der Waals surface area contributed by atoms with E-state index < -0.39 is 24.2 Å². The Hall–Kier alpha value is -2.25. The third kappa shape index (κ3) is 5.11. The molecule has 1 fully saturated rings. The standard InChI is InChI=1S/C17H21F3N2O3/c1-2-22(15(23)17(18,19)20)14-8-10-21(11-9-14)16(24)25-12-13-6-4-3-5-7-13/h3-7,14H,2,8-12H2,1H3. The van der Waals surface area contributed by atoms with Crippen LogP contribution in [0.25, 0.3) is 0 Å². The third-order valence-corrected chi connectivity index (χ3v) is 4.21. The molecule has 0 spiro atoms. The zero-order valence-corrected chi connectivity index (χ0v) is 14.0. The van der Waals surface area contributed by atoms with Gasteiger partial charge < -0.3 is 14.5 Å². The summed E-state index contributed by atoms with van der Waals surface area (Å²) in [6.45, 7) is 2.18. The highest BCUT2D eigenvalue weighted by Gasteiger charge is 2.44. The first-order valence-electron chi connectivity index (χ1n) is 8.16. The Labute approximate surface area is 144 Å². The van der Waals surface area contributed by atoms with Crippen LogP contribution in [0.3, 0.4) is 0 Å². The van der Waals surface area contributed by atoms with Crippen LogP contribution in [0.15, 0.2) is 30.3 Å². The zero-order chi connectivity index (χ0) is 18.4. The highest BCUT2D eigenvalue weighted by molar-refractivity contribution is 5.82. The van der Waals surface area contributed by atoms with Crippen molar-refractivity contribution in [2.24, 2.45) is 0 Å². The Morgan fingerprint density at radius 3 is 2.32 bits per heavy atom. The van der Waals surface area contributed by atoms with Gasteiger partial charge in [-0.2, -0.15) is 13.2 Å². The number of halogens is 3. The molecule has 0 bridgehead atoms. The van der Waals surface area contributed by atoms with E-state index in [2.05, 4.69) is 0 Å². The number of hydrogen-bond donors (Lipinski definition) is 0. The lowest BCUT2D eigenvalue weighted by atomic mass is 10.0.